The number of hydrogen-bond donors (Lipinski definition) is 2. The number of anilines is 2. The zero-order chi connectivity index (χ0) is 22.6. The molecule has 3 nitrogen and oxygen atoms in total. The highest BCUT2D eigenvalue weighted by molar-refractivity contribution is 5.83. The van der Waals surface area contributed by atoms with Crippen LogP contribution in [0.5, 0.6) is 0 Å². The molecular formula is C25H26F3N3. The summed E-state index contributed by atoms with van der Waals surface area (Å²) in [6.07, 6.45) is -3.48. The predicted molar refractivity (Wildman–Crippen MR) is 122 cm³/mol. The number of aromatic nitrogens is 1. The van der Waals surface area contributed by atoms with E-state index in [2.05, 4.69) is 29.1 Å². The van der Waals surface area contributed by atoms with Gasteiger partial charge in [-0.2, -0.15) is 13.2 Å². The molecule has 3 rings (SSSR count). The van der Waals surface area contributed by atoms with Crippen molar-refractivity contribution in [2.75, 3.05) is 17.2 Å². The molecule has 0 saturated heterocycles. The smallest absolute Gasteiger partial charge is 0.385 e. The fraction of sp³-hybridized carbons (Fsp3) is 0.240. The summed E-state index contributed by atoms with van der Waals surface area (Å²) in [6, 6.07) is 15.0. The first-order valence-electron chi connectivity index (χ1n) is 10.2. The standard InChI is InChI=1S/C25H26F3N3/c1-5-14-29-22-13-9-7-10-19(22)18(4)30-24-17(3)16(2)15-23(31-24)20-11-6-8-12-21(20)25(26,27)28/h6-13,15,29H,4-5,14H2,1-3H3,(H,30,31). The highest BCUT2D eigenvalue weighted by Gasteiger charge is 2.33. The molecule has 0 aliphatic carbocycles. The van der Waals surface area contributed by atoms with Crippen LogP contribution in [0.1, 0.15) is 35.6 Å². The molecule has 0 bridgehead atoms. The average molecular weight is 425 g/mol. The SMILES string of the molecule is C=C(Nc1nc(-c2ccccc2C(F)(F)F)cc(C)c1C)c1ccccc1NCCC. The normalized spacial score (nSPS) is 11.3. The van der Waals surface area contributed by atoms with Gasteiger partial charge < -0.3 is 10.6 Å². The third kappa shape index (κ3) is 5.08. The van der Waals surface area contributed by atoms with Crippen molar-refractivity contribution in [2.45, 2.75) is 33.4 Å². The third-order valence-corrected chi connectivity index (χ3v) is 5.13. The minimum atomic E-state index is -4.46. The lowest BCUT2D eigenvalue weighted by molar-refractivity contribution is -0.137. The molecule has 162 valence electrons. The number of nitrogens with zero attached hydrogens (tertiary/aromatic N) is 1. The second-order valence-corrected chi connectivity index (χ2v) is 7.42. The van der Waals surface area contributed by atoms with E-state index >= 15 is 0 Å². The van der Waals surface area contributed by atoms with Gasteiger partial charge in [-0.1, -0.05) is 49.9 Å². The van der Waals surface area contributed by atoms with Gasteiger partial charge in [0.25, 0.3) is 0 Å². The van der Waals surface area contributed by atoms with E-state index in [1.165, 1.54) is 12.1 Å². The van der Waals surface area contributed by atoms with Crippen LogP contribution in [0, 0.1) is 13.8 Å². The highest BCUT2D eigenvalue weighted by Crippen LogP contribution is 2.37. The molecule has 0 aliphatic heterocycles. The van der Waals surface area contributed by atoms with E-state index in [4.69, 9.17) is 0 Å². The molecule has 31 heavy (non-hydrogen) atoms. The number of alkyl halides is 3. The molecule has 0 aliphatic rings. The Morgan fingerprint density at radius 2 is 1.71 bits per heavy atom. The molecule has 0 fully saturated rings. The van der Waals surface area contributed by atoms with Crippen molar-refractivity contribution in [3.8, 4) is 11.3 Å². The summed E-state index contributed by atoms with van der Waals surface area (Å²) in [7, 11) is 0. The Bertz CT molecular complexity index is 1090. The molecule has 1 aromatic heterocycles. The summed E-state index contributed by atoms with van der Waals surface area (Å²) in [5.41, 5.74) is 3.76. The van der Waals surface area contributed by atoms with Gasteiger partial charge in [-0.25, -0.2) is 4.98 Å². The molecule has 0 radical (unpaired) electrons. The topological polar surface area (TPSA) is 37.0 Å². The van der Waals surface area contributed by atoms with Crippen LogP contribution in [-0.4, -0.2) is 11.5 Å². The number of aryl methyl sites for hydroxylation is 1. The summed E-state index contributed by atoms with van der Waals surface area (Å²) in [4.78, 5) is 4.54. The van der Waals surface area contributed by atoms with E-state index in [-0.39, 0.29) is 11.3 Å². The van der Waals surface area contributed by atoms with Crippen molar-refractivity contribution in [3.63, 3.8) is 0 Å². The first-order valence-corrected chi connectivity index (χ1v) is 10.2. The molecule has 3 aromatic rings. The number of hydrogen-bond acceptors (Lipinski definition) is 3. The van der Waals surface area contributed by atoms with Gasteiger partial charge in [0.2, 0.25) is 0 Å². The molecule has 0 atom stereocenters. The second-order valence-electron chi connectivity index (χ2n) is 7.42. The van der Waals surface area contributed by atoms with Gasteiger partial charge in [0.1, 0.15) is 5.82 Å². The van der Waals surface area contributed by atoms with Gasteiger partial charge in [0.15, 0.2) is 0 Å². The van der Waals surface area contributed by atoms with Crippen LogP contribution >= 0.6 is 0 Å². The van der Waals surface area contributed by atoms with Crippen LogP contribution < -0.4 is 10.6 Å². The van der Waals surface area contributed by atoms with Crippen molar-refractivity contribution in [2.24, 2.45) is 0 Å². The summed E-state index contributed by atoms with van der Waals surface area (Å²) in [6.45, 7) is 10.8. The Labute approximate surface area is 181 Å². The minimum Gasteiger partial charge on any atom is -0.385 e. The molecule has 2 aromatic carbocycles. The van der Waals surface area contributed by atoms with E-state index < -0.39 is 11.7 Å². The molecule has 0 unspecified atom stereocenters. The minimum absolute atomic E-state index is 0.0526. The van der Waals surface area contributed by atoms with Crippen LogP contribution in [0.4, 0.5) is 24.7 Å². The second kappa shape index (κ2) is 9.25. The fourth-order valence-electron chi connectivity index (χ4n) is 3.32. The first-order chi connectivity index (χ1) is 14.7. The Balaban J connectivity index is 2.00. The molecule has 0 saturated carbocycles. The molecule has 0 amide bonds. The van der Waals surface area contributed by atoms with Crippen LogP contribution in [0.25, 0.3) is 17.0 Å². The molecule has 0 spiro atoms. The summed E-state index contributed by atoms with van der Waals surface area (Å²) in [5, 5.41) is 6.60. The molecular weight excluding hydrogens is 399 g/mol. The van der Waals surface area contributed by atoms with E-state index in [0.29, 0.717) is 11.5 Å². The van der Waals surface area contributed by atoms with Gasteiger partial charge >= 0.3 is 6.18 Å². The van der Waals surface area contributed by atoms with E-state index in [1.807, 2.05) is 38.1 Å². The lowest BCUT2D eigenvalue weighted by Crippen LogP contribution is -2.09. The summed E-state index contributed by atoms with van der Waals surface area (Å²) >= 11 is 0. The lowest BCUT2D eigenvalue weighted by atomic mass is 10.0. The van der Waals surface area contributed by atoms with Gasteiger partial charge in [-0.3, -0.25) is 0 Å². The maximum Gasteiger partial charge on any atom is 0.417 e. The van der Waals surface area contributed by atoms with Crippen molar-refractivity contribution in [1.82, 2.24) is 4.98 Å². The van der Waals surface area contributed by atoms with E-state index in [9.17, 15) is 13.2 Å². The highest BCUT2D eigenvalue weighted by atomic mass is 19.4. The number of rotatable bonds is 7. The van der Waals surface area contributed by atoms with E-state index in [0.717, 1.165) is 41.4 Å². The fourth-order valence-corrected chi connectivity index (χ4v) is 3.32. The quantitative estimate of drug-likeness (QED) is 0.417. The lowest BCUT2D eigenvalue weighted by Gasteiger charge is -2.18. The average Bonchev–Trinajstić information content (AvgIpc) is 2.74. The van der Waals surface area contributed by atoms with Crippen molar-refractivity contribution in [3.05, 3.63) is 83.4 Å². The number of benzene rings is 2. The largest absolute Gasteiger partial charge is 0.417 e. The predicted octanol–water partition coefficient (Wildman–Crippen LogP) is 7.29. The van der Waals surface area contributed by atoms with Crippen LogP contribution in [0.2, 0.25) is 0 Å². The Hall–Kier alpha value is -3.28. The van der Waals surface area contributed by atoms with Gasteiger partial charge in [0.05, 0.1) is 11.3 Å². The zero-order valence-corrected chi connectivity index (χ0v) is 17.9. The van der Waals surface area contributed by atoms with E-state index in [1.54, 1.807) is 12.1 Å². The van der Waals surface area contributed by atoms with Gasteiger partial charge in [-0.05, 0) is 49.6 Å². The van der Waals surface area contributed by atoms with Gasteiger partial charge in [-0.15, -0.1) is 0 Å². The maximum absolute atomic E-state index is 13.5. The summed E-state index contributed by atoms with van der Waals surface area (Å²) < 4.78 is 40.6. The van der Waals surface area contributed by atoms with Crippen LogP contribution in [0.3, 0.4) is 0 Å². The number of para-hydroxylation sites is 1. The van der Waals surface area contributed by atoms with Crippen LogP contribution in [-0.2, 0) is 6.18 Å². The Morgan fingerprint density at radius 3 is 2.42 bits per heavy atom. The first kappa shape index (κ1) is 22.4. The zero-order valence-electron chi connectivity index (χ0n) is 17.9. The van der Waals surface area contributed by atoms with Crippen molar-refractivity contribution < 1.29 is 13.2 Å². The molecule has 2 N–H and O–H groups in total. The van der Waals surface area contributed by atoms with Crippen molar-refractivity contribution in [1.29, 1.82) is 0 Å². The number of pyridine rings is 1. The monoisotopic (exact) mass is 425 g/mol. The maximum atomic E-state index is 13.5. The summed E-state index contributed by atoms with van der Waals surface area (Å²) in [5.74, 6) is 0.488. The van der Waals surface area contributed by atoms with Crippen molar-refractivity contribution >= 4 is 17.2 Å². The molecule has 1 heterocycles. The third-order valence-electron chi connectivity index (χ3n) is 5.13. The van der Waals surface area contributed by atoms with Crippen LogP contribution in [0.15, 0.2) is 61.2 Å². The van der Waals surface area contributed by atoms with Gasteiger partial charge in [0, 0.05) is 29.1 Å². The molecule has 6 heteroatoms. The Kier molecular flexibility index (Phi) is 6.68. The number of nitrogens with one attached hydrogen (secondary N) is 2. The Morgan fingerprint density at radius 1 is 1.03 bits per heavy atom. The number of halogens is 3.